The summed E-state index contributed by atoms with van der Waals surface area (Å²) in [4.78, 5) is 16.7. The number of hydrogen-bond donors (Lipinski definition) is 1. The van der Waals surface area contributed by atoms with Crippen LogP contribution in [0.5, 0.6) is 5.88 Å². The molecule has 9 heteroatoms. The molecule has 1 amide bonds. The molecule has 0 aromatic carbocycles. The van der Waals surface area contributed by atoms with Gasteiger partial charge in [-0.05, 0) is 70.8 Å². The highest BCUT2D eigenvalue weighted by Gasteiger charge is 2.52. The summed E-state index contributed by atoms with van der Waals surface area (Å²) in [7, 11) is 1.55. The Hall–Kier alpha value is -2.71. The molecule has 0 radical (unpaired) electrons. The van der Waals surface area contributed by atoms with Gasteiger partial charge in [0, 0.05) is 18.0 Å². The molecule has 0 unspecified atom stereocenters. The first-order chi connectivity index (χ1) is 14.2. The number of fused-ring (bicyclic) bond motifs is 3. The number of methoxy groups -OCH3 is 1. The number of nitrogens with zero attached hydrogens (tertiary/aromatic N) is 4. The van der Waals surface area contributed by atoms with Crippen LogP contribution in [0, 0.1) is 5.41 Å². The highest BCUT2D eigenvalue weighted by Crippen LogP contribution is 2.57. The van der Waals surface area contributed by atoms with Gasteiger partial charge in [0.1, 0.15) is 11.3 Å². The largest absolute Gasteiger partial charge is 0.480 e. The van der Waals surface area contributed by atoms with E-state index in [0.717, 1.165) is 38.5 Å². The molecule has 3 aliphatic rings. The Morgan fingerprint density at radius 1 is 1.13 bits per heavy atom. The molecule has 0 spiro atoms. The van der Waals surface area contributed by atoms with Crippen molar-refractivity contribution in [3.8, 4) is 17.4 Å². The number of amides is 1. The summed E-state index contributed by atoms with van der Waals surface area (Å²) >= 11 is 0. The standard InChI is InChI=1S/C21H29N5O4/c1-19(2,3)29-18(27)22-13-20-7-10-21(11-8-20,12-9-20)17-23-16(26-30-17)14-5-6-15(28-4)25-24-14/h5-6H,7-13H2,1-4H3,(H,22,27)/t20-,21+. The fourth-order valence-corrected chi connectivity index (χ4v) is 4.51. The lowest BCUT2D eigenvalue weighted by Gasteiger charge is -2.51. The number of rotatable bonds is 5. The van der Waals surface area contributed by atoms with E-state index in [0.29, 0.717) is 29.8 Å². The van der Waals surface area contributed by atoms with Gasteiger partial charge in [-0.2, -0.15) is 4.98 Å². The molecule has 2 aromatic heterocycles. The zero-order chi connectivity index (χ0) is 21.4. The molecule has 2 bridgehead atoms. The van der Waals surface area contributed by atoms with Crippen LogP contribution < -0.4 is 10.1 Å². The highest BCUT2D eigenvalue weighted by atomic mass is 16.6. The van der Waals surface area contributed by atoms with Gasteiger partial charge < -0.3 is 19.3 Å². The average Bonchev–Trinajstić information content (AvgIpc) is 3.24. The van der Waals surface area contributed by atoms with Crippen LogP contribution >= 0.6 is 0 Å². The van der Waals surface area contributed by atoms with Crippen molar-refractivity contribution < 1.29 is 18.8 Å². The quantitative estimate of drug-likeness (QED) is 0.787. The minimum Gasteiger partial charge on any atom is -0.480 e. The second-order valence-electron chi connectivity index (χ2n) is 9.52. The number of alkyl carbamates (subject to hydrolysis) is 1. The first-order valence-corrected chi connectivity index (χ1v) is 10.4. The third-order valence-corrected chi connectivity index (χ3v) is 6.37. The van der Waals surface area contributed by atoms with Crippen LogP contribution in [0.25, 0.3) is 11.5 Å². The lowest BCUT2D eigenvalue weighted by Crippen LogP contribution is -2.49. The van der Waals surface area contributed by atoms with Crippen LogP contribution in [0.2, 0.25) is 0 Å². The predicted octanol–water partition coefficient (Wildman–Crippen LogP) is 3.65. The minimum absolute atomic E-state index is 0.0845. The van der Waals surface area contributed by atoms with Crippen molar-refractivity contribution in [2.75, 3.05) is 13.7 Å². The summed E-state index contributed by atoms with van der Waals surface area (Å²) in [5.74, 6) is 1.57. The van der Waals surface area contributed by atoms with E-state index < -0.39 is 5.60 Å². The molecule has 2 aromatic rings. The van der Waals surface area contributed by atoms with E-state index in [1.54, 1.807) is 19.2 Å². The van der Waals surface area contributed by atoms with Gasteiger partial charge in [0.15, 0.2) is 0 Å². The Balaban J connectivity index is 1.39. The molecule has 9 nitrogen and oxygen atoms in total. The second-order valence-corrected chi connectivity index (χ2v) is 9.52. The van der Waals surface area contributed by atoms with Crippen molar-refractivity contribution in [3.05, 3.63) is 18.0 Å². The number of ether oxygens (including phenoxy) is 2. The van der Waals surface area contributed by atoms with E-state index in [-0.39, 0.29) is 16.9 Å². The maximum absolute atomic E-state index is 12.0. The van der Waals surface area contributed by atoms with Gasteiger partial charge in [-0.3, -0.25) is 0 Å². The lowest BCUT2D eigenvalue weighted by molar-refractivity contribution is 0.0152. The summed E-state index contributed by atoms with van der Waals surface area (Å²) in [6.45, 7) is 6.26. The van der Waals surface area contributed by atoms with E-state index in [4.69, 9.17) is 14.0 Å². The molecule has 2 heterocycles. The Morgan fingerprint density at radius 3 is 2.40 bits per heavy atom. The fourth-order valence-electron chi connectivity index (χ4n) is 4.51. The molecule has 3 aliphatic carbocycles. The molecule has 3 saturated carbocycles. The number of nitrogens with one attached hydrogen (secondary N) is 1. The molecule has 30 heavy (non-hydrogen) atoms. The van der Waals surface area contributed by atoms with Gasteiger partial charge in [-0.15, -0.1) is 10.2 Å². The monoisotopic (exact) mass is 415 g/mol. The van der Waals surface area contributed by atoms with Gasteiger partial charge in [-0.25, -0.2) is 4.79 Å². The first-order valence-electron chi connectivity index (χ1n) is 10.4. The Morgan fingerprint density at radius 2 is 1.83 bits per heavy atom. The summed E-state index contributed by atoms with van der Waals surface area (Å²) in [6, 6.07) is 3.50. The molecule has 162 valence electrons. The Kier molecular flexibility index (Phi) is 5.15. The molecular formula is C21H29N5O4. The number of hydrogen-bond acceptors (Lipinski definition) is 8. The van der Waals surface area contributed by atoms with Gasteiger partial charge in [-0.1, -0.05) is 5.16 Å². The van der Waals surface area contributed by atoms with Crippen molar-refractivity contribution >= 4 is 6.09 Å². The molecule has 0 aliphatic heterocycles. The summed E-state index contributed by atoms with van der Waals surface area (Å²) < 4.78 is 16.1. The van der Waals surface area contributed by atoms with E-state index in [1.807, 2.05) is 20.8 Å². The van der Waals surface area contributed by atoms with E-state index in [1.165, 1.54) is 0 Å². The van der Waals surface area contributed by atoms with Gasteiger partial charge >= 0.3 is 6.09 Å². The van der Waals surface area contributed by atoms with Crippen LogP contribution in [-0.2, 0) is 10.2 Å². The zero-order valence-corrected chi connectivity index (χ0v) is 18.0. The smallest absolute Gasteiger partial charge is 0.407 e. The van der Waals surface area contributed by atoms with Gasteiger partial charge in [0.2, 0.25) is 17.6 Å². The predicted molar refractivity (Wildman–Crippen MR) is 108 cm³/mol. The SMILES string of the molecule is COc1ccc(-c2noc([C@]34CC[C@](CNC(=O)OC(C)(C)C)(CC3)CC4)n2)nn1. The van der Waals surface area contributed by atoms with Crippen molar-refractivity contribution in [3.63, 3.8) is 0 Å². The highest BCUT2D eigenvalue weighted by molar-refractivity contribution is 5.67. The summed E-state index contributed by atoms with van der Waals surface area (Å²) in [6.07, 6.45) is 5.62. The first kappa shape index (κ1) is 20.6. The fraction of sp³-hybridized carbons (Fsp3) is 0.667. The lowest BCUT2D eigenvalue weighted by atomic mass is 9.53. The van der Waals surface area contributed by atoms with E-state index in [2.05, 4.69) is 25.7 Å². The van der Waals surface area contributed by atoms with Crippen molar-refractivity contribution in [2.24, 2.45) is 5.41 Å². The number of carbonyl (C=O) groups excluding carboxylic acids is 1. The molecule has 1 N–H and O–H groups in total. The van der Waals surface area contributed by atoms with Crippen LogP contribution in [0.4, 0.5) is 4.79 Å². The van der Waals surface area contributed by atoms with Crippen molar-refractivity contribution in [1.82, 2.24) is 25.7 Å². The average molecular weight is 415 g/mol. The molecule has 0 atom stereocenters. The molecule has 3 fully saturated rings. The molecular weight excluding hydrogens is 386 g/mol. The Bertz CT molecular complexity index is 878. The summed E-state index contributed by atoms with van der Waals surface area (Å²) in [5, 5.41) is 15.2. The Labute approximate surface area is 175 Å². The van der Waals surface area contributed by atoms with Crippen LogP contribution in [-0.4, -0.2) is 45.7 Å². The van der Waals surface area contributed by atoms with Gasteiger partial charge in [0.05, 0.1) is 7.11 Å². The maximum Gasteiger partial charge on any atom is 0.407 e. The normalized spacial score (nSPS) is 25.7. The maximum atomic E-state index is 12.0. The van der Waals surface area contributed by atoms with E-state index in [9.17, 15) is 4.79 Å². The van der Waals surface area contributed by atoms with Crippen molar-refractivity contribution in [2.45, 2.75) is 70.3 Å². The molecule has 0 saturated heterocycles. The van der Waals surface area contributed by atoms with Gasteiger partial charge in [0.25, 0.3) is 0 Å². The number of aromatic nitrogens is 4. The number of carbonyl (C=O) groups is 1. The summed E-state index contributed by atoms with van der Waals surface area (Å²) in [5.41, 5.74) is 0.117. The van der Waals surface area contributed by atoms with Crippen LogP contribution in [0.15, 0.2) is 16.7 Å². The van der Waals surface area contributed by atoms with Crippen molar-refractivity contribution in [1.29, 1.82) is 0 Å². The second kappa shape index (κ2) is 7.52. The topological polar surface area (TPSA) is 112 Å². The van der Waals surface area contributed by atoms with E-state index >= 15 is 0 Å². The zero-order valence-electron chi connectivity index (χ0n) is 18.0. The third-order valence-electron chi connectivity index (χ3n) is 6.37. The van der Waals surface area contributed by atoms with Crippen LogP contribution in [0.3, 0.4) is 0 Å². The molecule has 5 rings (SSSR count). The van der Waals surface area contributed by atoms with Crippen LogP contribution in [0.1, 0.15) is 65.2 Å². The third kappa shape index (κ3) is 4.11. The minimum atomic E-state index is -0.486.